The predicted octanol–water partition coefficient (Wildman–Crippen LogP) is 3.18. The van der Waals surface area contributed by atoms with Crippen molar-refractivity contribution >= 4 is 5.91 Å². The second-order valence-electron chi connectivity index (χ2n) is 6.20. The second-order valence-corrected chi connectivity index (χ2v) is 6.20. The SMILES string of the molecule is O=C(CCOc1ccccc1-c1ccccc1)N[C@@H]1C=C[C@H](CO)C1. The topological polar surface area (TPSA) is 58.6 Å². The lowest BCUT2D eigenvalue weighted by molar-refractivity contribution is -0.122. The molecule has 2 aromatic rings. The van der Waals surface area contributed by atoms with Gasteiger partial charge in [-0.2, -0.15) is 0 Å². The van der Waals surface area contributed by atoms with Crippen LogP contribution >= 0.6 is 0 Å². The summed E-state index contributed by atoms with van der Waals surface area (Å²) in [5.74, 6) is 0.896. The van der Waals surface area contributed by atoms with Crippen molar-refractivity contribution in [3.63, 3.8) is 0 Å². The highest BCUT2D eigenvalue weighted by Crippen LogP contribution is 2.29. The van der Waals surface area contributed by atoms with Crippen molar-refractivity contribution in [2.75, 3.05) is 13.2 Å². The van der Waals surface area contributed by atoms with Gasteiger partial charge in [-0.15, -0.1) is 0 Å². The Labute approximate surface area is 148 Å². The Morgan fingerprint density at radius 2 is 1.84 bits per heavy atom. The zero-order valence-electron chi connectivity index (χ0n) is 14.1. The summed E-state index contributed by atoms with van der Waals surface area (Å²) in [4.78, 5) is 12.1. The molecule has 0 radical (unpaired) electrons. The molecular weight excluding hydrogens is 314 g/mol. The van der Waals surface area contributed by atoms with Crippen LogP contribution in [0.3, 0.4) is 0 Å². The number of carbonyl (C=O) groups is 1. The first-order chi connectivity index (χ1) is 12.3. The van der Waals surface area contributed by atoms with Gasteiger partial charge in [0, 0.05) is 24.1 Å². The first-order valence-electron chi connectivity index (χ1n) is 8.62. The van der Waals surface area contributed by atoms with E-state index in [4.69, 9.17) is 9.84 Å². The maximum Gasteiger partial charge on any atom is 0.223 e. The fraction of sp³-hybridized carbons (Fsp3) is 0.286. The Morgan fingerprint density at radius 3 is 2.60 bits per heavy atom. The van der Waals surface area contributed by atoms with Gasteiger partial charge in [-0.05, 0) is 18.1 Å². The fourth-order valence-electron chi connectivity index (χ4n) is 3.00. The molecule has 0 spiro atoms. The first kappa shape index (κ1) is 17.2. The van der Waals surface area contributed by atoms with Gasteiger partial charge in [-0.25, -0.2) is 0 Å². The van der Waals surface area contributed by atoms with Gasteiger partial charge in [0.1, 0.15) is 5.75 Å². The summed E-state index contributed by atoms with van der Waals surface area (Å²) in [6.45, 7) is 0.456. The van der Waals surface area contributed by atoms with Gasteiger partial charge < -0.3 is 15.2 Å². The van der Waals surface area contributed by atoms with E-state index < -0.39 is 0 Å². The largest absolute Gasteiger partial charge is 0.492 e. The predicted molar refractivity (Wildman–Crippen MR) is 98.3 cm³/mol. The van der Waals surface area contributed by atoms with Crippen molar-refractivity contribution in [1.29, 1.82) is 0 Å². The minimum Gasteiger partial charge on any atom is -0.492 e. The lowest BCUT2D eigenvalue weighted by Gasteiger charge is -2.14. The zero-order valence-corrected chi connectivity index (χ0v) is 14.1. The van der Waals surface area contributed by atoms with Crippen LogP contribution in [0.25, 0.3) is 11.1 Å². The van der Waals surface area contributed by atoms with Crippen LogP contribution in [0.1, 0.15) is 12.8 Å². The molecule has 25 heavy (non-hydrogen) atoms. The number of hydrogen-bond donors (Lipinski definition) is 2. The van der Waals surface area contributed by atoms with Gasteiger partial charge in [-0.3, -0.25) is 4.79 Å². The molecule has 130 valence electrons. The van der Waals surface area contributed by atoms with Crippen molar-refractivity contribution in [1.82, 2.24) is 5.32 Å². The maximum absolute atomic E-state index is 12.1. The smallest absolute Gasteiger partial charge is 0.223 e. The number of carbonyl (C=O) groups excluding carboxylic acids is 1. The molecule has 0 aliphatic heterocycles. The molecule has 2 aromatic carbocycles. The summed E-state index contributed by atoms with van der Waals surface area (Å²) < 4.78 is 5.85. The molecule has 3 rings (SSSR count). The summed E-state index contributed by atoms with van der Waals surface area (Å²) in [5.41, 5.74) is 2.11. The van der Waals surface area contributed by atoms with Crippen molar-refractivity contribution < 1.29 is 14.6 Å². The number of aliphatic hydroxyl groups is 1. The van der Waals surface area contributed by atoms with Crippen LogP contribution < -0.4 is 10.1 Å². The van der Waals surface area contributed by atoms with Crippen molar-refractivity contribution in [3.8, 4) is 16.9 Å². The van der Waals surface area contributed by atoms with Crippen molar-refractivity contribution in [2.45, 2.75) is 18.9 Å². The summed E-state index contributed by atoms with van der Waals surface area (Å²) in [6, 6.07) is 17.9. The fourth-order valence-corrected chi connectivity index (χ4v) is 3.00. The molecule has 0 fully saturated rings. The molecule has 2 atom stereocenters. The molecular formula is C21H23NO3. The van der Waals surface area contributed by atoms with E-state index in [0.29, 0.717) is 13.0 Å². The lowest BCUT2D eigenvalue weighted by atomic mass is 10.1. The van der Waals surface area contributed by atoms with Crippen molar-refractivity contribution in [2.24, 2.45) is 5.92 Å². The number of para-hydroxylation sites is 1. The standard InChI is InChI=1S/C21H23NO3/c23-15-16-10-11-18(14-16)22-21(24)12-13-25-20-9-5-4-8-19(20)17-6-2-1-3-7-17/h1-11,16,18,23H,12-15H2,(H,22,24)/t16-,18+/m0/s1. The minimum atomic E-state index is -0.0366. The second kappa shape index (κ2) is 8.49. The number of ether oxygens (including phenoxy) is 1. The van der Waals surface area contributed by atoms with E-state index in [0.717, 1.165) is 23.3 Å². The molecule has 4 heteroatoms. The average molecular weight is 337 g/mol. The molecule has 4 nitrogen and oxygen atoms in total. The highest BCUT2D eigenvalue weighted by molar-refractivity contribution is 5.77. The number of hydrogen-bond acceptors (Lipinski definition) is 3. The summed E-state index contributed by atoms with van der Waals surface area (Å²) in [6.07, 6.45) is 4.97. The van der Waals surface area contributed by atoms with Crippen LogP contribution in [0.2, 0.25) is 0 Å². The number of benzene rings is 2. The highest BCUT2D eigenvalue weighted by atomic mass is 16.5. The van der Waals surface area contributed by atoms with E-state index in [1.807, 2.05) is 66.7 Å². The molecule has 0 saturated heterocycles. The Bertz CT molecular complexity index is 727. The van der Waals surface area contributed by atoms with Gasteiger partial charge in [0.05, 0.1) is 13.0 Å². The van der Waals surface area contributed by atoms with Crippen LogP contribution in [-0.4, -0.2) is 30.3 Å². The van der Waals surface area contributed by atoms with E-state index in [2.05, 4.69) is 5.32 Å². The number of nitrogens with one attached hydrogen (secondary N) is 1. The van der Waals surface area contributed by atoms with Gasteiger partial charge in [-0.1, -0.05) is 60.7 Å². The monoisotopic (exact) mass is 337 g/mol. The van der Waals surface area contributed by atoms with Crippen LogP contribution in [-0.2, 0) is 4.79 Å². The van der Waals surface area contributed by atoms with Crippen LogP contribution in [0.5, 0.6) is 5.75 Å². The zero-order chi connectivity index (χ0) is 17.5. The lowest BCUT2D eigenvalue weighted by Crippen LogP contribution is -2.33. The van der Waals surface area contributed by atoms with Crippen molar-refractivity contribution in [3.05, 3.63) is 66.7 Å². The maximum atomic E-state index is 12.1. The van der Waals surface area contributed by atoms with E-state index in [1.54, 1.807) is 0 Å². The summed E-state index contributed by atoms with van der Waals surface area (Å²) in [7, 11) is 0. The normalized spacial score (nSPS) is 18.9. The van der Waals surface area contributed by atoms with Gasteiger partial charge in [0.15, 0.2) is 0 Å². The Hall–Kier alpha value is -2.59. The minimum absolute atomic E-state index is 0.0151. The molecule has 0 unspecified atom stereocenters. The summed E-state index contributed by atoms with van der Waals surface area (Å²) >= 11 is 0. The average Bonchev–Trinajstić information content (AvgIpc) is 3.10. The Morgan fingerprint density at radius 1 is 1.08 bits per heavy atom. The summed E-state index contributed by atoms with van der Waals surface area (Å²) in [5, 5.41) is 12.1. The van der Waals surface area contributed by atoms with E-state index >= 15 is 0 Å². The third kappa shape index (κ3) is 4.70. The number of amides is 1. The van der Waals surface area contributed by atoms with Crippen LogP contribution in [0.15, 0.2) is 66.7 Å². The molecule has 0 bridgehead atoms. The van der Waals surface area contributed by atoms with Gasteiger partial charge >= 0.3 is 0 Å². The van der Waals surface area contributed by atoms with E-state index in [1.165, 1.54) is 0 Å². The first-order valence-corrected chi connectivity index (χ1v) is 8.62. The molecule has 1 aliphatic rings. The van der Waals surface area contributed by atoms with Crippen LogP contribution in [0, 0.1) is 5.92 Å². The Kier molecular flexibility index (Phi) is 5.86. The van der Waals surface area contributed by atoms with Gasteiger partial charge in [0.2, 0.25) is 5.91 Å². The molecule has 0 heterocycles. The third-order valence-corrected chi connectivity index (χ3v) is 4.31. The quantitative estimate of drug-likeness (QED) is 0.763. The highest BCUT2D eigenvalue weighted by Gasteiger charge is 2.19. The molecule has 0 saturated carbocycles. The Balaban J connectivity index is 1.51. The number of rotatable bonds is 7. The number of aliphatic hydroxyl groups excluding tert-OH is 1. The van der Waals surface area contributed by atoms with Gasteiger partial charge in [0.25, 0.3) is 0 Å². The molecule has 1 aliphatic carbocycles. The molecule has 1 amide bonds. The van der Waals surface area contributed by atoms with E-state index in [9.17, 15) is 4.79 Å². The van der Waals surface area contributed by atoms with Crippen LogP contribution in [0.4, 0.5) is 0 Å². The molecule has 0 aromatic heterocycles. The molecule has 2 N–H and O–H groups in total. The third-order valence-electron chi connectivity index (χ3n) is 4.31. The van der Waals surface area contributed by atoms with E-state index in [-0.39, 0.29) is 24.5 Å².